The van der Waals surface area contributed by atoms with Crippen molar-refractivity contribution < 1.29 is 18.7 Å². The van der Waals surface area contributed by atoms with Crippen molar-refractivity contribution in [1.29, 1.82) is 0 Å². The molecular weight excluding hydrogens is 395 g/mol. The van der Waals surface area contributed by atoms with Crippen LogP contribution >= 0.6 is 11.3 Å². The number of likely N-dealkylation sites (tertiary alicyclic amines) is 1. The van der Waals surface area contributed by atoms with Gasteiger partial charge >= 0.3 is 0 Å². The van der Waals surface area contributed by atoms with Gasteiger partial charge in [0, 0.05) is 30.8 Å². The van der Waals surface area contributed by atoms with Crippen LogP contribution in [0.4, 0.5) is 15.2 Å². The molecule has 2 aliphatic heterocycles. The highest BCUT2D eigenvalue weighted by molar-refractivity contribution is 7.14. The van der Waals surface area contributed by atoms with Gasteiger partial charge in [0.15, 0.2) is 5.13 Å². The van der Waals surface area contributed by atoms with E-state index in [1.807, 2.05) is 0 Å². The lowest BCUT2D eigenvalue weighted by atomic mass is 10.2. The fourth-order valence-corrected chi connectivity index (χ4v) is 4.36. The number of carbonyl (C=O) groups is 2. The molecule has 0 saturated carbocycles. The number of amides is 2. The van der Waals surface area contributed by atoms with Gasteiger partial charge in [-0.15, -0.1) is 11.3 Å². The Balaban J connectivity index is 1.37. The normalized spacial score (nSPS) is 21.3. The van der Waals surface area contributed by atoms with Gasteiger partial charge in [-0.05, 0) is 49.9 Å². The first-order valence-corrected chi connectivity index (χ1v) is 10.7. The van der Waals surface area contributed by atoms with E-state index >= 15 is 0 Å². The highest BCUT2D eigenvalue weighted by Gasteiger charge is 2.35. The number of nitrogens with one attached hydrogen (secondary N) is 2. The molecule has 29 heavy (non-hydrogen) atoms. The van der Waals surface area contributed by atoms with Crippen molar-refractivity contribution in [2.45, 2.75) is 37.8 Å². The maximum absolute atomic E-state index is 13.0. The molecule has 154 valence electrons. The van der Waals surface area contributed by atoms with Crippen LogP contribution in [0.2, 0.25) is 0 Å². The number of benzene rings is 1. The first-order chi connectivity index (χ1) is 14.1. The van der Waals surface area contributed by atoms with Gasteiger partial charge in [0.1, 0.15) is 17.6 Å². The zero-order chi connectivity index (χ0) is 20.2. The lowest BCUT2D eigenvalue weighted by molar-refractivity contribution is -0.125. The van der Waals surface area contributed by atoms with Crippen LogP contribution < -0.4 is 10.6 Å². The molecule has 3 heterocycles. The van der Waals surface area contributed by atoms with Crippen LogP contribution in [0.15, 0.2) is 29.6 Å². The highest BCUT2D eigenvalue weighted by atomic mass is 32.1. The number of nitrogens with zero attached hydrogens (tertiary/aromatic N) is 2. The van der Waals surface area contributed by atoms with Gasteiger partial charge in [-0.2, -0.15) is 0 Å². The molecule has 1 aromatic heterocycles. The lowest BCUT2D eigenvalue weighted by Gasteiger charge is -2.23. The quantitative estimate of drug-likeness (QED) is 0.754. The number of ether oxygens (including phenoxy) is 1. The lowest BCUT2D eigenvalue weighted by Crippen LogP contribution is -2.47. The van der Waals surface area contributed by atoms with E-state index in [1.54, 1.807) is 22.4 Å². The van der Waals surface area contributed by atoms with E-state index in [2.05, 4.69) is 15.6 Å². The Bertz CT molecular complexity index is 867. The molecule has 2 aromatic rings. The Kier molecular flexibility index (Phi) is 6.05. The maximum atomic E-state index is 13.0. The smallest absolute Gasteiger partial charge is 0.274 e. The minimum Gasteiger partial charge on any atom is -0.376 e. The summed E-state index contributed by atoms with van der Waals surface area (Å²) in [5, 5.41) is 8.20. The van der Waals surface area contributed by atoms with Crippen molar-refractivity contribution in [3.05, 3.63) is 41.2 Å². The van der Waals surface area contributed by atoms with E-state index in [4.69, 9.17) is 4.74 Å². The van der Waals surface area contributed by atoms with Crippen molar-refractivity contribution in [2.24, 2.45) is 0 Å². The van der Waals surface area contributed by atoms with E-state index in [0.29, 0.717) is 36.0 Å². The molecule has 2 atom stereocenters. The molecular formula is C20H23FN4O3S. The Labute approximate surface area is 172 Å². The second-order valence-electron chi connectivity index (χ2n) is 7.21. The van der Waals surface area contributed by atoms with Gasteiger partial charge < -0.3 is 20.3 Å². The predicted octanol–water partition coefficient (Wildman–Crippen LogP) is 2.93. The summed E-state index contributed by atoms with van der Waals surface area (Å²) in [5.41, 5.74) is 0.991. The summed E-state index contributed by atoms with van der Waals surface area (Å²) in [6.45, 7) is 1.77. The average molecular weight is 418 g/mol. The number of thiazole rings is 1. The third kappa shape index (κ3) is 4.73. The second-order valence-corrected chi connectivity index (χ2v) is 8.06. The molecule has 2 fully saturated rings. The van der Waals surface area contributed by atoms with E-state index in [9.17, 15) is 14.0 Å². The van der Waals surface area contributed by atoms with Crippen LogP contribution in [0, 0.1) is 5.82 Å². The Morgan fingerprint density at radius 1 is 1.24 bits per heavy atom. The van der Waals surface area contributed by atoms with Crippen molar-refractivity contribution in [2.75, 3.05) is 25.0 Å². The fraction of sp³-hybridized carbons (Fsp3) is 0.450. The minimum absolute atomic E-state index is 0.0724. The Hall–Kier alpha value is -2.52. The van der Waals surface area contributed by atoms with E-state index in [-0.39, 0.29) is 23.7 Å². The molecule has 0 spiro atoms. The maximum Gasteiger partial charge on any atom is 0.274 e. The first-order valence-electron chi connectivity index (χ1n) is 9.78. The number of hydrogen-bond acceptors (Lipinski definition) is 6. The van der Waals surface area contributed by atoms with Gasteiger partial charge in [-0.1, -0.05) is 0 Å². The molecule has 1 aromatic carbocycles. The van der Waals surface area contributed by atoms with Crippen molar-refractivity contribution in [3.63, 3.8) is 0 Å². The molecule has 7 nitrogen and oxygen atoms in total. The molecule has 2 saturated heterocycles. The highest BCUT2D eigenvalue weighted by Crippen LogP contribution is 2.25. The van der Waals surface area contributed by atoms with Crippen LogP contribution in [-0.4, -0.2) is 53.5 Å². The van der Waals surface area contributed by atoms with Crippen molar-refractivity contribution >= 4 is 34.0 Å². The fourth-order valence-electron chi connectivity index (χ4n) is 3.65. The molecule has 0 aliphatic carbocycles. The topological polar surface area (TPSA) is 83.6 Å². The first kappa shape index (κ1) is 19.8. The summed E-state index contributed by atoms with van der Waals surface area (Å²) in [5.74, 6) is -0.696. The summed E-state index contributed by atoms with van der Waals surface area (Å²) in [6.07, 6.45) is 3.48. The number of halogens is 1. The summed E-state index contributed by atoms with van der Waals surface area (Å²) in [6, 6.07) is 5.44. The van der Waals surface area contributed by atoms with E-state index in [1.165, 1.54) is 23.5 Å². The minimum atomic E-state index is -0.473. The number of aromatic nitrogens is 1. The molecule has 2 amide bonds. The van der Waals surface area contributed by atoms with Gasteiger partial charge in [-0.25, -0.2) is 9.37 Å². The summed E-state index contributed by atoms with van der Waals surface area (Å²) < 4.78 is 18.6. The third-order valence-corrected chi connectivity index (χ3v) is 5.92. The number of rotatable bonds is 6. The standard InChI is InChI=1S/C20H23FN4O3S/c21-13-5-7-14(8-6-13)23-20-24-16(12-29-20)19(27)25-9-1-4-17(25)18(26)22-11-15-3-2-10-28-15/h5-8,12,15,17H,1-4,9-11H2,(H,22,26)(H,23,24)/t15-,17-/m0/s1. The van der Waals surface area contributed by atoms with Crippen molar-refractivity contribution in [1.82, 2.24) is 15.2 Å². The average Bonchev–Trinajstić information content (AvgIpc) is 3.48. The molecule has 0 radical (unpaired) electrons. The molecule has 2 aliphatic rings. The second kappa shape index (κ2) is 8.87. The molecule has 9 heteroatoms. The number of carbonyl (C=O) groups excluding carboxylic acids is 2. The van der Waals surface area contributed by atoms with Crippen LogP contribution in [0.3, 0.4) is 0 Å². The van der Waals surface area contributed by atoms with Gasteiger partial charge in [0.25, 0.3) is 5.91 Å². The third-order valence-electron chi connectivity index (χ3n) is 5.16. The molecule has 2 N–H and O–H groups in total. The number of hydrogen-bond donors (Lipinski definition) is 2. The van der Waals surface area contributed by atoms with Gasteiger partial charge in [0.05, 0.1) is 6.10 Å². The Morgan fingerprint density at radius 2 is 2.07 bits per heavy atom. The van der Waals surface area contributed by atoms with E-state index < -0.39 is 6.04 Å². The van der Waals surface area contributed by atoms with Crippen LogP contribution in [0.25, 0.3) is 0 Å². The van der Waals surface area contributed by atoms with Crippen LogP contribution in [-0.2, 0) is 9.53 Å². The predicted molar refractivity (Wildman–Crippen MR) is 108 cm³/mol. The van der Waals surface area contributed by atoms with Gasteiger partial charge in [0.2, 0.25) is 5.91 Å². The summed E-state index contributed by atoms with van der Waals surface area (Å²) in [4.78, 5) is 31.5. The number of anilines is 2. The van der Waals surface area contributed by atoms with Crippen LogP contribution in [0.5, 0.6) is 0 Å². The SMILES string of the molecule is O=C(NC[C@@H]1CCCO1)[C@@H]1CCCN1C(=O)c1csc(Nc2ccc(F)cc2)n1. The Morgan fingerprint density at radius 3 is 2.83 bits per heavy atom. The molecule has 0 bridgehead atoms. The zero-order valence-corrected chi connectivity index (χ0v) is 16.7. The van der Waals surface area contributed by atoms with E-state index in [0.717, 1.165) is 25.9 Å². The summed E-state index contributed by atoms with van der Waals surface area (Å²) in [7, 11) is 0. The zero-order valence-electron chi connectivity index (χ0n) is 15.9. The largest absolute Gasteiger partial charge is 0.376 e. The molecule has 4 rings (SSSR count). The van der Waals surface area contributed by atoms with Gasteiger partial charge in [-0.3, -0.25) is 9.59 Å². The molecule has 0 unspecified atom stereocenters. The van der Waals surface area contributed by atoms with Crippen LogP contribution in [0.1, 0.15) is 36.2 Å². The monoisotopic (exact) mass is 418 g/mol. The summed E-state index contributed by atoms with van der Waals surface area (Å²) >= 11 is 1.29. The van der Waals surface area contributed by atoms with Crippen molar-refractivity contribution in [3.8, 4) is 0 Å².